The van der Waals surface area contributed by atoms with Gasteiger partial charge in [-0.2, -0.15) is 0 Å². The van der Waals surface area contributed by atoms with Crippen molar-refractivity contribution in [1.29, 1.82) is 0 Å². The van der Waals surface area contributed by atoms with Crippen molar-refractivity contribution >= 4 is 21.8 Å². The van der Waals surface area contributed by atoms with E-state index in [2.05, 4.69) is 18.7 Å². The molecule has 0 saturated heterocycles. The van der Waals surface area contributed by atoms with E-state index < -0.39 is 0 Å². The van der Waals surface area contributed by atoms with Crippen LogP contribution in [0.1, 0.15) is 13.8 Å². The van der Waals surface area contributed by atoms with Crippen molar-refractivity contribution in [3.05, 3.63) is 46.6 Å². The zero-order chi connectivity index (χ0) is 18.0. The number of aromatic hydroxyl groups is 1. The van der Waals surface area contributed by atoms with Gasteiger partial charge in [0, 0.05) is 19.0 Å². The van der Waals surface area contributed by atoms with E-state index in [1.807, 2.05) is 35.9 Å². The van der Waals surface area contributed by atoms with Crippen LogP contribution in [0.4, 0.5) is 0 Å². The number of rotatable bonds is 6. The summed E-state index contributed by atoms with van der Waals surface area (Å²) in [5.74, 6) is 0.274. The molecule has 1 aromatic heterocycles. The van der Waals surface area contributed by atoms with Crippen molar-refractivity contribution in [3.63, 3.8) is 0 Å². The van der Waals surface area contributed by atoms with Crippen LogP contribution in [0, 0.1) is 0 Å². The summed E-state index contributed by atoms with van der Waals surface area (Å²) in [7, 11) is 1.89. The topological polar surface area (TPSA) is 54.7 Å². The third-order valence-electron chi connectivity index (χ3n) is 4.78. The molecule has 25 heavy (non-hydrogen) atoms. The molecular formula is C20H24N2O3. The Morgan fingerprint density at radius 2 is 1.80 bits per heavy atom. The molecule has 0 fully saturated rings. The Hall–Kier alpha value is -2.53. The molecule has 5 nitrogen and oxygen atoms in total. The lowest BCUT2D eigenvalue weighted by Gasteiger charge is -2.19. The van der Waals surface area contributed by atoms with Crippen LogP contribution >= 0.6 is 0 Å². The average molecular weight is 340 g/mol. The maximum absolute atomic E-state index is 12.9. The Balaban J connectivity index is 2.04. The highest BCUT2D eigenvalue weighted by atomic mass is 16.5. The van der Waals surface area contributed by atoms with Crippen LogP contribution in [0.5, 0.6) is 11.5 Å². The van der Waals surface area contributed by atoms with E-state index in [0.29, 0.717) is 28.6 Å². The fraction of sp³-hybridized carbons (Fsp3) is 0.350. The third kappa shape index (κ3) is 3.07. The summed E-state index contributed by atoms with van der Waals surface area (Å²) >= 11 is 0. The zero-order valence-electron chi connectivity index (χ0n) is 15.0. The molecule has 3 rings (SSSR count). The maximum atomic E-state index is 12.9. The Bertz CT molecular complexity index is 958. The molecule has 1 heterocycles. The van der Waals surface area contributed by atoms with Crippen molar-refractivity contribution in [1.82, 2.24) is 9.47 Å². The van der Waals surface area contributed by atoms with E-state index in [0.717, 1.165) is 25.2 Å². The second kappa shape index (κ2) is 7.15. The predicted octanol–water partition coefficient (Wildman–Crippen LogP) is 3.12. The van der Waals surface area contributed by atoms with E-state index in [-0.39, 0.29) is 11.2 Å². The summed E-state index contributed by atoms with van der Waals surface area (Å²) in [6, 6.07) is 11.0. The fourth-order valence-electron chi connectivity index (χ4n) is 3.23. The number of ether oxygens (including phenoxy) is 1. The molecule has 0 aliphatic heterocycles. The van der Waals surface area contributed by atoms with Crippen LogP contribution in [0.2, 0.25) is 0 Å². The Morgan fingerprint density at radius 3 is 2.52 bits per heavy atom. The van der Waals surface area contributed by atoms with Crippen LogP contribution in [0.25, 0.3) is 21.8 Å². The number of pyridine rings is 1. The van der Waals surface area contributed by atoms with Gasteiger partial charge in [-0.1, -0.05) is 26.0 Å². The monoisotopic (exact) mass is 340 g/mol. The number of aryl methyl sites for hydroxylation is 1. The summed E-state index contributed by atoms with van der Waals surface area (Å²) in [5.41, 5.74) is 1.36. The van der Waals surface area contributed by atoms with E-state index in [1.54, 1.807) is 12.1 Å². The lowest BCUT2D eigenvalue weighted by molar-refractivity contribution is 0.218. The predicted molar refractivity (Wildman–Crippen MR) is 102 cm³/mol. The summed E-state index contributed by atoms with van der Waals surface area (Å²) in [4.78, 5) is 15.1. The second-order valence-electron chi connectivity index (χ2n) is 6.09. The SMILES string of the molecule is CCN(CC)CCOc1ccc2c(c1O)c(=O)c1ccccc1n2C. The number of likely N-dealkylation sites (N-methyl/N-ethyl adjacent to an activating group) is 1. The number of nitrogens with zero attached hydrogens (tertiary/aromatic N) is 2. The number of hydrogen-bond donors (Lipinski definition) is 1. The second-order valence-corrected chi connectivity index (χ2v) is 6.09. The van der Waals surface area contributed by atoms with Gasteiger partial charge < -0.3 is 19.3 Å². The van der Waals surface area contributed by atoms with Gasteiger partial charge in [-0.05, 0) is 37.4 Å². The molecule has 0 unspecified atom stereocenters. The zero-order valence-corrected chi connectivity index (χ0v) is 15.0. The van der Waals surface area contributed by atoms with Crippen LogP contribution in [0.15, 0.2) is 41.2 Å². The fourth-order valence-corrected chi connectivity index (χ4v) is 3.23. The average Bonchev–Trinajstić information content (AvgIpc) is 2.64. The van der Waals surface area contributed by atoms with Crippen molar-refractivity contribution < 1.29 is 9.84 Å². The summed E-state index contributed by atoms with van der Waals surface area (Å²) in [5, 5.41) is 11.5. The third-order valence-corrected chi connectivity index (χ3v) is 4.78. The molecule has 0 bridgehead atoms. The van der Waals surface area contributed by atoms with Gasteiger partial charge in [-0.3, -0.25) is 4.79 Å². The highest BCUT2D eigenvalue weighted by molar-refractivity contribution is 5.97. The molecule has 5 heteroatoms. The number of aromatic nitrogens is 1. The lowest BCUT2D eigenvalue weighted by atomic mass is 10.1. The molecule has 132 valence electrons. The number of benzene rings is 2. The Labute approximate surface area is 147 Å². The van der Waals surface area contributed by atoms with E-state index in [4.69, 9.17) is 4.74 Å². The molecule has 0 atom stereocenters. The smallest absolute Gasteiger partial charge is 0.201 e. The normalized spacial score (nSPS) is 11.5. The van der Waals surface area contributed by atoms with E-state index in [9.17, 15) is 9.90 Å². The van der Waals surface area contributed by atoms with Crippen molar-refractivity contribution in [3.8, 4) is 11.5 Å². The van der Waals surface area contributed by atoms with Gasteiger partial charge in [0.1, 0.15) is 6.61 Å². The number of fused-ring (bicyclic) bond motifs is 2. The molecule has 0 saturated carbocycles. The summed E-state index contributed by atoms with van der Waals surface area (Å²) < 4.78 is 7.67. The quantitative estimate of drug-likeness (QED) is 0.701. The first-order chi connectivity index (χ1) is 12.1. The number of hydrogen-bond acceptors (Lipinski definition) is 4. The first-order valence-corrected chi connectivity index (χ1v) is 8.67. The molecule has 0 amide bonds. The highest BCUT2D eigenvalue weighted by Gasteiger charge is 2.15. The maximum Gasteiger partial charge on any atom is 0.201 e. The minimum Gasteiger partial charge on any atom is -0.504 e. The van der Waals surface area contributed by atoms with Gasteiger partial charge in [0.05, 0.1) is 16.4 Å². The Kier molecular flexibility index (Phi) is 4.95. The van der Waals surface area contributed by atoms with Gasteiger partial charge in [0.2, 0.25) is 5.43 Å². The molecular weight excluding hydrogens is 316 g/mol. The van der Waals surface area contributed by atoms with Crippen LogP contribution < -0.4 is 10.2 Å². The Morgan fingerprint density at radius 1 is 1.08 bits per heavy atom. The minimum atomic E-state index is -0.171. The van der Waals surface area contributed by atoms with Crippen molar-refractivity contribution in [2.75, 3.05) is 26.2 Å². The molecule has 0 spiro atoms. The number of para-hydroxylation sites is 1. The van der Waals surface area contributed by atoms with Gasteiger partial charge in [-0.15, -0.1) is 0 Å². The summed E-state index contributed by atoms with van der Waals surface area (Å²) in [6.07, 6.45) is 0. The van der Waals surface area contributed by atoms with Gasteiger partial charge in [-0.25, -0.2) is 0 Å². The van der Waals surface area contributed by atoms with E-state index >= 15 is 0 Å². The van der Waals surface area contributed by atoms with Crippen LogP contribution in [-0.4, -0.2) is 40.8 Å². The summed E-state index contributed by atoms with van der Waals surface area (Å²) in [6.45, 7) is 7.36. The molecule has 0 aliphatic carbocycles. The van der Waals surface area contributed by atoms with Gasteiger partial charge >= 0.3 is 0 Å². The van der Waals surface area contributed by atoms with Crippen molar-refractivity contribution in [2.24, 2.45) is 7.05 Å². The first-order valence-electron chi connectivity index (χ1n) is 8.67. The molecule has 0 aliphatic rings. The highest BCUT2D eigenvalue weighted by Crippen LogP contribution is 2.33. The lowest BCUT2D eigenvalue weighted by Crippen LogP contribution is -2.27. The van der Waals surface area contributed by atoms with Crippen molar-refractivity contribution in [2.45, 2.75) is 13.8 Å². The minimum absolute atomic E-state index is 0.0802. The molecule has 1 N–H and O–H groups in total. The standard InChI is InChI=1S/C20H24N2O3/c1-4-22(5-2)12-13-25-17-11-10-16-18(20(17)24)19(23)14-8-6-7-9-15(14)21(16)3/h6-11,24H,4-5,12-13H2,1-3H3. The molecule has 3 aromatic rings. The largest absolute Gasteiger partial charge is 0.504 e. The van der Waals surface area contributed by atoms with Crippen LogP contribution in [0.3, 0.4) is 0 Å². The van der Waals surface area contributed by atoms with Gasteiger partial charge in [0.15, 0.2) is 11.5 Å². The number of phenols is 1. The first kappa shape index (κ1) is 17.3. The van der Waals surface area contributed by atoms with Crippen LogP contribution in [-0.2, 0) is 7.05 Å². The molecule has 2 aromatic carbocycles. The number of phenolic OH excluding ortho intramolecular Hbond substituents is 1. The molecule has 0 radical (unpaired) electrons. The van der Waals surface area contributed by atoms with Gasteiger partial charge in [0.25, 0.3) is 0 Å². The van der Waals surface area contributed by atoms with E-state index in [1.165, 1.54) is 0 Å².